The Labute approximate surface area is 110 Å². The predicted molar refractivity (Wildman–Crippen MR) is 69.0 cm³/mol. The standard InChI is InChI=1S/C14H13ClFNO/c1-9-2-4-12(16)6-10(9)7-14(18)13-5-3-11(15)8-17-13/h2-6,8,14,18H,7H2,1H3. The molecular weight excluding hydrogens is 253 g/mol. The highest BCUT2D eigenvalue weighted by Crippen LogP contribution is 2.20. The minimum atomic E-state index is -0.761. The van der Waals surface area contributed by atoms with Crippen LogP contribution in [-0.2, 0) is 6.42 Å². The van der Waals surface area contributed by atoms with Crippen LogP contribution in [0.5, 0.6) is 0 Å². The maximum Gasteiger partial charge on any atom is 0.123 e. The Hall–Kier alpha value is -1.45. The Morgan fingerprint density at radius 2 is 2.11 bits per heavy atom. The molecule has 4 heteroatoms. The number of aryl methyl sites for hydroxylation is 1. The normalized spacial score (nSPS) is 12.4. The molecule has 1 heterocycles. The van der Waals surface area contributed by atoms with Gasteiger partial charge in [0.25, 0.3) is 0 Å². The van der Waals surface area contributed by atoms with Gasteiger partial charge in [-0.25, -0.2) is 4.39 Å². The zero-order chi connectivity index (χ0) is 13.1. The molecule has 94 valence electrons. The molecule has 0 saturated heterocycles. The first-order valence-corrected chi connectivity index (χ1v) is 5.98. The van der Waals surface area contributed by atoms with Crippen molar-refractivity contribution in [3.63, 3.8) is 0 Å². The zero-order valence-corrected chi connectivity index (χ0v) is 10.7. The second-order valence-electron chi connectivity index (χ2n) is 4.19. The van der Waals surface area contributed by atoms with Crippen LogP contribution >= 0.6 is 11.6 Å². The van der Waals surface area contributed by atoms with E-state index < -0.39 is 6.10 Å². The van der Waals surface area contributed by atoms with E-state index in [-0.39, 0.29) is 5.82 Å². The SMILES string of the molecule is Cc1ccc(F)cc1CC(O)c1ccc(Cl)cn1. The fourth-order valence-corrected chi connectivity index (χ4v) is 1.87. The lowest BCUT2D eigenvalue weighted by Crippen LogP contribution is -2.05. The van der Waals surface area contributed by atoms with Gasteiger partial charge in [0.05, 0.1) is 16.8 Å². The number of aliphatic hydroxyl groups is 1. The van der Waals surface area contributed by atoms with Crippen molar-refractivity contribution in [1.82, 2.24) is 4.98 Å². The number of halogens is 2. The number of hydrogen-bond acceptors (Lipinski definition) is 2. The van der Waals surface area contributed by atoms with Gasteiger partial charge in [-0.2, -0.15) is 0 Å². The first kappa shape index (κ1) is 13.0. The summed E-state index contributed by atoms with van der Waals surface area (Å²) in [6.07, 6.45) is 1.05. The molecule has 1 aromatic heterocycles. The number of aromatic nitrogens is 1. The molecule has 0 saturated carbocycles. The quantitative estimate of drug-likeness (QED) is 0.922. The summed E-state index contributed by atoms with van der Waals surface area (Å²) in [5.74, 6) is -0.299. The Morgan fingerprint density at radius 1 is 1.33 bits per heavy atom. The van der Waals surface area contributed by atoms with E-state index in [0.717, 1.165) is 11.1 Å². The molecule has 0 aliphatic rings. The van der Waals surface area contributed by atoms with Gasteiger partial charge in [-0.1, -0.05) is 17.7 Å². The van der Waals surface area contributed by atoms with Crippen LogP contribution in [0, 0.1) is 12.7 Å². The van der Waals surface area contributed by atoms with Gasteiger partial charge in [0.1, 0.15) is 5.82 Å². The van der Waals surface area contributed by atoms with Crippen molar-refractivity contribution >= 4 is 11.6 Å². The van der Waals surface area contributed by atoms with Crippen LogP contribution < -0.4 is 0 Å². The van der Waals surface area contributed by atoms with E-state index >= 15 is 0 Å². The van der Waals surface area contributed by atoms with Crippen molar-refractivity contribution in [2.45, 2.75) is 19.4 Å². The number of nitrogens with zero attached hydrogens (tertiary/aromatic N) is 1. The summed E-state index contributed by atoms with van der Waals surface area (Å²) < 4.78 is 13.1. The molecule has 1 N–H and O–H groups in total. The van der Waals surface area contributed by atoms with E-state index in [1.807, 2.05) is 6.92 Å². The van der Waals surface area contributed by atoms with Crippen molar-refractivity contribution in [2.24, 2.45) is 0 Å². The Morgan fingerprint density at radius 3 is 2.78 bits per heavy atom. The third-order valence-electron chi connectivity index (χ3n) is 2.82. The molecular formula is C14H13ClFNO. The topological polar surface area (TPSA) is 33.1 Å². The molecule has 18 heavy (non-hydrogen) atoms. The summed E-state index contributed by atoms with van der Waals surface area (Å²) in [7, 11) is 0. The van der Waals surface area contributed by atoms with Gasteiger partial charge in [0.2, 0.25) is 0 Å². The van der Waals surface area contributed by atoms with Gasteiger partial charge >= 0.3 is 0 Å². The van der Waals surface area contributed by atoms with E-state index in [1.54, 1.807) is 18.2 Å². The van der Waals surface area contributed by atoms with Crippen molar-refractivity contribution < 1.29 is 9.50 Å². The summed E-state index contributed by atoms with van der Waals surface area (Å²) in [6, 6.07) is 7.89. The molecule has 0 spiro atoms. The first-order valence-electron chi connectivity index (χ1n) is 5.61. The molecule has 2 rings (SSSR count). The Balaban J connectivity index is 2.18. The van der Waals surface area contributed by atoms with Gasteiger partial charge in [-0.3, -0.25) is 4.98 Å². The predicted octanol–water partition coefficient (Wildman–Crippen LogP) is 3.46. The third-order valence-corrected chi connectivity index (χ3v) is 3.04. The van der Waals surface area contributed by atoms with Gasteiger partial charge in [-0.15, -0.1) is 0 Å². The smallest absolute Gasteiger partial charge is 0.123 e. The molecule has 0 fully saturated rings. The number of aliphatic hydroxyl groups excluding tert-OH is 1. The maximum absolute atomic E-state index is 13.1. The summed E-state index contributed by atoms with van der Waals surface area (Å²) >= 11 is 5.73. The maximum atomic E-state index is 13.1. The van der Waals surface area contributed by atoms with E-state index in [9.17, 15) is 9.50 Å². The van der Waals surface area contributed by atoms with Gasteiger partial charge in [0.15, 0.2) is 0 Å². The molecule has 2 nitrogen and oxygen atoms in total. The monoisotopic (exact) mass is 265 g/mol. The number of rotatable bonds is 3. The van der Waals surface area contributed by atoms with Crippen molar-refractivity contribution in [3.05, 3.63) is 64.2 Å². The van der Waals surface area contributed by atoms with Gasteiger partial charge in [-0.05, 0) is 42.3 Å². The van der Waals surface area contributed by atoms with Crippen LogP contribution in [0.2, 0.25) is 5.02 Å². The van der Waals surface area contributed by atoms with E-state index in [2.05, 4.69) is 4.98 Å². The van der Waals surface area contributed by atoms with E-state index in [0.29, 0.717) is 17.1 Å². The average molecular weight is 266 g/mol. The molecule has 0 aliphatic heterocycles. The van der Waals surface area contributed by atoms with Crippen molar-refractivity contribution in [1.29, 1.82) is 0 Å². The van der Waals surface area contributed by atoms with Crippen LogP contribution in [0.25, 0.3) is 0 Å². The van der Waals surface area contributed by atoms with Crippen LogP contribution in [0.1, 0.15) is 22.9 Å². The van der Waals surface area contributed by atoms with E-state index in [1.165, 1.54) is 18.3 Å². The molecule has 1 aromatic carbocycles. The third kappa shape index (κ3) is 3.06. The highest BCUT2D eigenvalue weighted by molar-refractivity contribution is 6.30. The Kier molecular flexibility index (Phi) is 3.94. The van der Waals surface area contributed by atoms with Crippen molar-refractivity contribution in [2.75, 3.05) is 0 Å². The van der Waals surface area contributed by atoms with Crippen molar-refractivity contribution in [3.8, 4) is 0 Å². The molecule has 2 aromatic rings. The molecule has 0 amide bonds. The minimum absolute atomic E-state index is 0.299. The second kappa shape index (κ2) is 5.46. The van der Waals surface area contributed by atoms with Crippen LogP contribution in [0.3, 0.4) is 0 Å². The lowest BCUT2D eigenvalue weighted by atomic mass is 10.0. The van der Waals surface area contributed by atoms with E-state index in [4.69, 9.17) is 11.6 Å². The highest BCUT2D eigenvalue weighted by Gasteiger charge is 2.12. The lowest BCUT2D eigenvalue weighted by Gasteiger charge is -2.12. The zero-order valence-electron chi connectivity index (χ0n) is 9.90. The summed E-state index contributed by atoms with van der Waals surface area (Å²) in [5.41, 5.74) is 2.26. The first-order chi connectivity index (χ1) is 8.56. The summed E-state index contributed by atoms with van der Waals surface area (Å²) in [6.45, 7) is 1.89. The largest absolute Gasteiger partial charge is 0.386 e. The molecule has 0 aliphatic carbocycles. The van der Waals surface area contributed by atoms with Gasteiger partial charge in [0, 0.05) is 12.6 Å². The van der Waals surface area contributed by atoms with Crippen LogP contribution in [0.4, 0.5) is 4.39 Å². The Bertz CT molecular complexity index is 542. The molecule has 0 bridgehead atoms. The second-order valence-corrected chi connectivity index (χ2v) is 4.63. The summed E-state index contributed by atoms with van der Waals surface area (Å²) in [5, 5.41) is 10.6. The molecule has 1 atom stereocenters. The van der Waals surface area contributed by atoms with Crippen LogP contribution in [0.15, 0.2) is 36.5 Å². The fourth-order valence-electron chi connectivity index (χ4n) is 1.76. The van der Waals surface area contributed by atoms with Gasteiger partial charge < -0.3 is 5.11 Å². The minimum Gasteiger partial charge on any atom is -0.386 e. The average Bonchev–Trinajstić information content (AvgIpc) is 2.34. The number of benzene rings is 1. The number of pyridine rings is 1. The molecule has 1 unspecified atom stereocenters. The lowest BCUT2D eigenvalue weighted by molar-refractivity contribution is 0.173. The van der Waals surface area contributed by atoms with Crippen LogP contribution in [-0.4, -0.2) is 10.1 Å². The molecule has 0 radical (unpaired) electrons. The summed E-state index contributed by atoms with van der Waals surface area (Å²) in [4.78, 5) is 4.05. The number of hydrogen-bond donors (Lipinski definition) is 1. The fraction of sp³-hybridized carbons (Fsp3) is 0.214. The highest BCUT2D eigenvalue weighted by atomic mass is 35.5.